The molecule has 1 spiro atoms. The van der Waals surface area contributed by atoms with Crippen LogP contribution < -0.4 is 4.90 Å². The molecular formula is C20H20BrN3O2. The normalized spacial score (nSPS) is 33.0. The highest BCUT2D eigenvalue weighted by molar-refractivity contribution is 9.10. The van der Waals surface area contributed by atoms with Gasteiger partial charge in [-0.15, -0.1) is 0 Å². The van der Waals surface area contributed by atoms with Gasteiger partial charge >= 0.3 is 0 Å². The Hall–Kier alpha value is -1.95. The van der Waals surface area contributed by atoms with Gasteiger partial charge in [-0.3, -0.25) is 9.59 Å². The van der Waals surface area contributed by atoms with Crippen LogP contribution in [-0.4, -0.2) is 37.1 Å². The van der Waals surface area contributed by atoms with Gasteiger partial charge in [-0.1, -0.05) is 18.2 Å². The Morgan fingerprint density at radius 3 is 2.27 bits per heavy atom. The molecule has 134 valence electrons. The molecule has 1 aromatic rings. The number of benzene rings is 1. The van der Waals surface area contributed by atoms with Gasteiger partial charge in [0.2, 0.25) is 0 Å². The zero-order valence-corrected chi connectivity index (χ0v) is 16.3. The number of halogens is 1. The fourth-order valence-corrected chi connectivity index (χ4v) is 6.02. The highest BCUT2D eigenvalue weighted by Crippen LogP contribution is 2.73. The van der Waals surface area contributed by atoms with Gasteiger partial charge in [-0.2, -0.15) is 10.1 Å². The number of anilines is 1. The molecule has 26 heavy (non-hydrogen) atoms. The van der Waals surface area contributed by atoms with E-state index in [1.165, 1.54) is 0 Å². The van der Waals surface area contributed by atoms with Crippen LogP contribution in [0.2, 0.25) is 0 Å². The minimum atomic E-state index is -0.194. The first-order valence-electron chi connectivity index (χ1n) is 9.01. The summed E-state index contributed by atoms with van der Waals surface area (Å²) in [6.07, 6.45) is 8.25. The van der Waals surface area contributed by atoms with E-state index in [9.17, 15) is 9.59 Å². The summed E-state index contributed by atoms with van der Waals surface area (Å²) in [6, 6.07) is 5.85. The summed E-state index contributed by atoms with van der Waals surface area (Å²) < 4.78 is 0.945. The molecule has 0 aromatic heterocycles. The van der Waals surface area contributed by atoms with E-state index in [1.807, 2.05) is 37.2 Å². The molecule has 1 aliphatic heterocycles. The summed E-state index contributed by atoms with van der Waals surface area (Å²) in [6.45, 7) is 0. The molecule has 2 amide bonds. The topological polar surface area (TPSA) is 53.0 Å². The van der Waals surface area contributed by atoms with E-state index in [0.717, 1.165) is 33.6 Å². The fourth-order valence-electron chi connectivity index (χ4n) is 5.27. The van der Waals surface area contributed by atoms with E-state index in [0.29, 0.717) is 0 Å². The lowest BCUT2D eigenvalue weighted by Gasteiger charge is -2.18. The molecule has 1 heterocycles. The van der Waals surface area contributed by atoms with Gasteiger partial charge in [0.1, 0.15) is 0 Å². The number of amides is 2. The number of nitrogens with zero attached hydrogens (tertiary/aromatic N) is 3. The van der Waals surface area contributed by atoms with Crippen molar-refractivity contribution >= 4 is 39.6 Å². The van der Waals surface area contributed by atoms with E-state index in [4.69, 9.17) is 0 Å². The van der Waals surface area contributed by atoms with E-state index >= 15 is 0 Å². The maximum absolute atomic E-state index is 12.9. The van der Waals surface area contributed by atoms with Crippen molar-refractivity contribution in [3.63, 3.8) is 0 Å². The largest absolute Gasteiger partial charge is 0.377 e. The van der Waals surface area contributed by atoms with Crippen molar-refractivity contribution in [2.75, 3.05) is 19.0 Å². The Morgan fingerprint density at radius 2 is 1.77 bits per heavy atom. The van der Waals surface area contributed by atoms with Gasteiger partial charge in [0, 0.05) is 18.6 Å². The molecule has 1 saturated heterocycles. The van der Waals surface area contributed by atoms with Crippen molar-refractivity contribution in [2.24, 2.45) is 34.2 Å². The number of carbonyl (C=O) groups excluding carboxylic acids is 2. The lowest BCUT2D eigenvalue weighted by molar-refractivity contribution is -0.141. The Kier molecular flexibility index (Phi) is 3.30. The Bertz CT molecular complexity index is 853. The predicted octanol–water partition coefficient (Wildman–Crippen LogP) is 3.05. The van der Waals surface area contributed by atoms with Crippen LogP contribution in [0.5, 0.6) is 0 Å². The maximum atomic E-state index is 12.9. The van der Waals surface area contributed by atoms with Crippen molar-refractivity contribution < 1.29 is 9.59 Å². The molecule has 0 radical (unpaired) electrons. The first-order valence-corrected chi connectivity index (χ1v) is 9.80. The molecule has 3 fully saturated rings. The van der Waals surface area contributed by atoms with Crippen LogP contribution in [0.1, 0.15) is 18.4 Å². The average Bonchev–Trinajstić information content (AvgIpc) is 3.20. The van der Waals surface area contributed by atoms with Crippen LogP contribution in [0.15, 0.2) is 39.9 Å². The number of imide groups is 1. The first-order chi connectivity index (χ1) is 12.4. The molecule has 6 heteroatoms. The van der Waals surface area contributed by atoms with Crippen LogP contribution in [0.3, 0.4) is 0 Å². The highest BCUT2D eigenvalue weighted by atomic mass is 79.9. The van der Waals surface area contributed by atoms with E-state index < -0.39 is 0 Å². The number of hydrazone groups is 1. The van der Waals surface area contributed by atoms with Gasteiger partial charge in [0.15, 0.2) is 0 Å². The maximum Gasteiger partial charge on any atom is 0.254 e. The zero-order valence-electron chi connectivity index (χ0n) is 14.7. The zero-order chi connectivity index (χ0) is 18.2. The summed E-state index contributed by atoms with van der Waals surface area (Å²) in [5.41, 5.74) is 2.13. The minimum Gasteiger partial charge on any atom is -0.377 e. The van der Waals surface area contributed by atoms with Crippen molar-refractivity contribution in [3.05, 3.63) is 40.4 Å². The predicted molar refractivity (Wildman–Crippen MR) is 103 cm³/mol. The average molecular weight is 414 g/mol. The van der Waals surface area contributed by atoms with Crippen molar-refractivity contribution in [2.45, 2.75) is 12.8 Å². The van der Waals surface area contributed by atoms with Gasteiger partial charge in [-0.05, 0) is 63.7 Å². The third kappa shape index (κ3) is 1.99. The van der Waals surface area contributed by atoms with Crippen molar-refractivity contribution in [1.29, 1.82) is 0 Å². The van der Waals surface area contributed by atoms with Gasteiger partial charge in [0.05, 0.1) is 23.7 Å². The molecular weight excluding hydrogens is 394 g/mol. The number of hydrogen-bond acceptors (Lipinski definition) is 4. The van der Waals surface area contributed by atoms with E-state index in [1.54, 1.807) is 6.21 Å². The number of hydrogen-bond donors (Lipinski definition) is 0. The van der Waals surface area contributed by atoms with Crippen molar-refractivity contribution in [1.82, 2.24) is 5.01 Å². The van der Waals surface area contributed by atoms with Crippen molar-refractivity contribution in [3.8, 4) is 0 Å². The quantitative estimate of drug-likeness (QED) is 0.434. The van der Waals surface area contributed by atoms with Crippen LogP contribution >= 0.6 is 15.9 Å². The summed E-state index contributed by atoms with van der Waals surface area (Å²) >= 11 is 3.55. The molecule has 4 aliphatic rings. The first kappa shape index (κ1) is 16.2. The van der Waals surface area contributed by atoms with Crippen LogP contribution in [0.4, 0.5) is 5.69 Å². The fraction of sp³-hybridized carbons (Fsp3) is 0.450. The minimum absolute atomic E-state index is 0.122. The highest BCUT2D eigenvalue weighted by Gasteiger charge is 2.73. The SMILES string of the molecule is CN(C)c1ccc(/C=N\N2C(=O)[C@H]3[C@H](C2=O)[C@H]2C=C[C@H]3C23CC3)cc1Br. The molecule has 0 unspecified atom stereocenters. The summed E-state index contributed by atoms with van der Waals surface area (Å²) in [7, 11) is 3.95. The molecule has 2 bridgehead atoms. The monoisotopic (exact) mass is 413 g/mol. The third-order valence-electron chi connectivity index (χ3n) is 6.61. The van der Waals surface area contributed by atoms with Crippen LogP contribution in [0.25, 0.3) is 0 Å². The van der Waals surface area contributed by atoms with E-state index in [2.05, 4.69) is 33.2 Å². The number of allylic oxidation sites excluding steroid dienone is 2. The molecule has 4 atom stereocenters. The molecule has 0 N–H and O–H groups in total. The van der Waals surface area contributed by atoms with Gasteiger partial charge in [-0.25, -0.2) is 0 Å². The molecule has 5 nitrogen and oxygen atoms in total. The molecule has 3 aliphatic carbocycles. The summed E-state index contributed by atoms with van der Waals surface area (Å²) in [5.74, 6) is -0.156. The smallest absolute Gasteiger partial charge is 0.254 e. The van der Waals surface area contributed by atoms with E-state index in [-0.39, 0.29) is 40.9 Å². The Balaban J connectivity index is 1.39. The van der Waals surface area contributed by atoms with Crippen LogP contribution in [0, 0.1) is 29.1 Å². The van der Waals surface area contributed by atoms with Gasteiger partial charge in [0.25, 0.3) is 11.8 Å². The lowest BCUT2D eigenvalue weighted by Crippen LogP contribution is -2.30. The molecule has 5 rings (SSSR count). The third-order valence-corrected chi connectivity index (χ3v) is 7.24. The lowest BCUT2D eigenvalue weighted by atomic mass is 9.85. The Labute approximate surface area is 160 Å². The summed E-state index contributed by atoms with van der Waals surface area (Å²) in [5, 5.41) is 5.38. The number of carbonyl (C=O) groups is 2. The molecule has 2 saturated carbocycles. The standard InChI is InChI=1S/C20H20BrN3O2/c1-23(2)15-6-3-11(9-14(15)21)10-22-24-18(25)16-12-4-5-13(17(16)19(24)26)20(12)7-8-20/h3-6,9-10,12-13,16-17H,7-8H2,1-2H3/b22-10-/t12-,13-,16-,17-/m1/s1. The number of fused-ring (bicyclic) bond motifs is 3. The Morgan fingerprint density at radius 1 is 1.15 bits per heavy atom. The van der Waals surface area contributed by atoms with Gasteiger partial charge < -0.3 is 4.90 Å². The summed E-state index contributed by atoms with van der Waals surface area (Å²) in [4.78, 5) is 27.8. The number of rotatable bonds is 3. The molecule has 1 aromatic carbocycles. The van der Waals surface area contributed by atoms with Crippen LogP contribution in [-0.2, 0) is 9.59 Å². The second-order valence-electron chi connectivity index (χ2n) is 8.06. The second kappa shape index (κ2) is 5.28. The second-order valence-corrected chi connectivity index (χ2v) is 8.91.